The maximum Gasteiger partial charge on any atom is 0.241 e. The predicted octanol–water partition coefficient (Wildman–Crippen LogP) is 5.34. The maximum atomic E-state index is 13.1. The normalized spacial score (nSPS) is 17.9. The lowest BCUT2D eigenvalue weighted by molar-refractivity contribution is 0.284. The van der Waals surface area contributed by atoms with Gasteiger partial charge in [-0.25, -0.2) is 18.1 Å². The van der Waals surface area contributed by atoms with Gasteiger partial charge in [-0.15, -0.1) is 0 Å². The molecule has 1 fully saturated rings. The molecule has 5 rings (SSSR count). The van der Waals surface area contributed by atoms with Crippen molar-refractivity contribution in [2.45, 2.75) is 37.0 Å². The van der Waals surface area contributed by atoms with Crippen LogP contribution in [0.2, 0.25) is 0 Å². The van der Waals surface area contributed by atoms with E-state index in [1.165, 1.54) is 0 Å². The molecular weight excluding hydrogens is 520 g/mol. The second kappa shape index (κ2) is 12.9. The summed E-state index contributed by atoms with van der Waals surface area (Å²) in [4.78, 5) is 12.1. The minimum Gasteiger partial charge on any atom is -0.369 e. The van der Waals surface area contributed by atoms with Gasteiger partial charge in [-0.05, 0) is 88.2 Å². The van der Waals surface area contributed by atoms with Crippen molar-refractivity contribution < 1.29 is 8.42 Å². The van der Waals surface area contributed by atoms with Crippen LogP contribution in [0.5, 0.6) is 0 Å². The monoisotopic (exact) mass is 560 g/mol. The van der Waals surface area contributed by atoms with Crippen molar-refractivity contribution in [2.75, 3.05) is 50.9 Å². The Hall–Kier alpha value is -3.27. The Morgan fingerprint density at radius 3 is 2.25 bits per heavy atom. The molecular formula is C31H40N6O2S. The van der Waals surface area contributed by atoms with Gasteiger partial charge < -0.3 is 15.5 Å². The first-order chi connectivity index (χ1) is 19.4. The van der Waals surface area contributed by atoms with Gasteiger partial charge in [0, 0.05) is 30.4 Å². The summed E-state index contributed by atoms with van der Waals surface area (Å²) in [5.41, 5.74) is 0.928. The summed E-state index contributed by atoms with van der Waals surface area (Å²) in [5.74, 6) is 2.38. The van der Waals surface area contributed by atoms with Crippen LogP contribution in [0, 0.1) is 11.8 Å². The number of hydrogen-bond donors (Lipinski definition) is 3. The number of nitrogens with zero attached hydrogens (tertiary/aromatic N) is 3. The second-order valence-electron chi connectivity index (χ2n) is 11.1. The zero-order chi connectivity index (χ0) is 28.0. The highest BCUT2D eigenvalue weighted by Gasteiger charge is 2.24. The van der Waals surface area contributed by atoms with Gasteiger partial charge in [0.05, 0.1) is 10.4 Å². The average Bonchev–Trinajstić information content (AvgIpc) is 2.97. The van der Waals surface area contributed by atoms with E-state index in [2.05, 4.69) is 40.4 Å². The van der Waals surface area contributed by atoms with Gasteiger partial charge in [0.2, 0.25) is 16.0 Å². The zero-order valence-corrected chi connectivity index (χ0v) is 24.3. The van der Waals surface area contributed by atoms with Crippen LogP contribution in [0.15, 0.2) is 71.6 Å². The summed E-state index contributed by atoms with van der Waals surface area (Å²) in [6, 6.07) is 21.2. The van der Waals surface area contributed by atoms with Gasteiger partial charge in [-0.3, -0.25) is 0 Å². The third-order valence-electron chi connectivity index (χ3n) is 7.79. The number of fused-ring (bicyclic) bond motifs is 2. The van der Waals surface area contributed by atoms with Gasteiger partial charge in [-0.2, -0.15) is 4.98 Å². The van der Waals surface area contributed by atoms with Gasteiger partial charge in [-0.1, -0.05) is 48.5 Å². The van der Waals surface area contributed by atoms with E-state index in [1.54, 1.807) is 12.1 Å². The number of hydrogen-bond acceptors (Lipinski definition) is 7. The summed E-state index contributed by atoms with van der Waals surface area (Å²) < 4.78 is 29.1. The van der Waals surface area contributed by atoms with E-state index in [4.69, 9.17) is 9.97 Å². The van der Waals surface area contributed by atoms with Crippen molar-refractivity contribution in [3.63, 3.8) is 0 Å². The minimum absolute atomic E-state index is 0.343. The molecule has 0 radical (unpaired) electrons. The standard InChI is InChI=1S/C31H40N6O2S/c1-37(2)20-8-19-32-30-27-12-5-6-13-28(27)35-31(36-30)33-21-23-15-17-24(18-16-23)22-34-40(38,39)29-14-7-10-25-9-3-4-11-26(25)29/h3-7,9-14,23-24,34H,8,15-22H2,1-2H3,(H2,32,33,35,36). The van der Waals surface area contributed by atoms with Gasteiger partial charge in [0.1, 0.15) is 5.82 Å². The van der Waals surface area contributed by atoms with E-state index in [0.29, 0.717) is 29.2 Å². The van der Waals surface area contributed by atoms with E-state index >= 15 is 0 Å². The Balaban J connectivity index is 1.13. The van der Waals surface area contributed by atoms with Gasteiger partial charge in [0.15, 0.2) is 0 Å². The minimum atomic E-state index is -3.57. The molecule has 9 heteroatoms. The van der Waals surface area contributed by atoms with E-state index in [-0.39, 0.29) is 0 Å². The smallest absolute Gasteiger partial charge is 0.241 e. The first-order valence-electron chi connectivity index (χ1n) is 14.3. The summed E-state index contributed by atoms with van der Waals surface area (Å²) in [7, 11) is 0.599. The van der Waals surface area contributed by atoms with Crippen LogP contribution in [0.3, 0.4) is 0 Å². The lowest BCUT2D eigenvalue weighted by Crippen LogP contribution is -2.32. The molecule has 0 spiro atoms. The molecule has 0 aliphatic heterocycles. The molecule has 1 aliphatic rings. The highest BCUT2D eigenvalue weighted by Crippen LogP contribution is 2.30. The summed E-state index contributed by atoms with van der Waals surface area (Å²) in [5, 5.41) is 9.71. The molecule has 0 saturated heterocycles. The van der Waals surface area contributed by atoms with Crippen LogP contribution in [0.25, 0.3) is 21.7 Å². The average molecular weight is 561 g/mol. The number of para-hydroxylation sites is 1. The van der Waals surface area contributed by atoms with Crippen molar-refractivity contribution in [1.29, 1.82) is 0 Å². The number of anilines is 2. The molecule has 1 heterocycles. The molecule has 1 aromatic heterocycles. The molecule has 1 aliphatic carbocycles. The first kappa shape index (κ1) is 28.3. The lowest BCUT2D eigenvalue weighted by Gasteiger charge is -2.28. The summed E-state index contributed by atoms with van der Waals surface area (Å²) in [6.45, 7) is 3.16. The third-order valence-corrected chi connectivity index (χ3v) is 9.28. The van der Waals surface area contributed by atoms with E-state index in [0.717, 1.165) is 79.2 Å². The molecule has 0 bridgehead atoms. The Morgan fingerprint density at radius 1 is 0.800 bits per heavy atom. The van der Waals surface area contributed by atoms with E-state index in [1.807, 2.05) is 48.5 Å². The highest BCUT2D eigenvalue weighted by molar-refractivity contribution is 7.89. The molecule has 3 aromatic carbocycles. The van der Waals surface area contributed by atoms with Crippen LogP contribution in [-0.4, -0.2) is 63.6 Å². The van der Waals surface area contributed by atoms with Crippen molar-refractivity contribution in [3.05, 3.63) is 66.7 Å². The Bertz CT molecular complexity index is 1530. The molecule has 1 saturated carbocycles. The molecule has 0 amide bonds. The quantitative estimate of drug-likeness (QED) is 0.201. The van der Waals surface area contributed by atoms with Crippen LogP contribution >= 0.6 is 0 Å². The molecule has 0 unspecified atom stereocenters. The predicted molar refractivity (Wildman–Crippen MR) is 164 cm³/mol. The fraction of sp³-hybridized carbons (Fsp3) is 0.419. The van der Waals surface area contributed by atoms with E-state index in [9.17, 15) is 8.42 Å². The van der Waals surface area contributed by atoms with Crippen molar-refractivity contribution >= 4 is 43.5 Å². The molecule has 8 nitrogen and oxygen atoms in total. The van der Waals surface area contributed by atoms with Gasteiger partial charge >= 0.3 is 0 Å². The molecule has 4 aromatic rings. The number of nitrogens with one attached hydrogen (secondary N) is 3. The molecule has 3 N–H and O–H groups in total. The van der Waals surface area contributed by atoms with Crippen LogP contribution in [-0.2, 0) is 10.0 Å². The number of sulfonamides is 1. The lowest BCUT2D eigenvalue weighted by atomic mass is 9.82. The van der Waals surface area contributed by atoms with Crippen molar-refractivity contribution in [3.8, 4) is 0 Å². The summed E-state index contributed by atoms with van der Waals surface area (Å²) >= 11 is 0. The van der Waals surface area contributed by atoms with Crippen molar-refractivity contribution in [2.24, 2.45) is 11.8 Å². The number of aromatic nitrogens is 2. The largest absolute Gasteiger partial charge is 0.369 e. The Kier molecular flexibility index (Phi) is 9.14. The van der Waals surface area contributed by atoms with Gasteiger partial charge in [0.25, 0.3) is 0 Å². The van der Waals surface area contributed by atoms with Crippen LogP contribution in [0.1, 0.15) is 32.1 Å². The number of benzene rings is 3. The molecule has 40 heavy (non-hydrogen) atoms. The SMILES string of the molecule is CN(C)CCCNc1nc(NCC2CCC(CNS(=O)(=O)c3cccc4ccccc34)CC2)nc2ccccc12. The Labute approximate surface area is 237 Å². The number of rotatable bonds is 12. The van der Waals surface area contributed by atoms with E-state index < -0.39 is 10.0 Å². The molecule has 0 atom stereocenters. The fourth-order valence-electron chi connectivity index (χ4n) is 5.50. The zero-order valence-electron chi connectivity index (χ0n) is 23.4. The topological polar surface area (TPSA) is 99.2 Å². The second-order valence-corrected chi connectivity index (χ2v) is 12.8. The fourth-order valence-corrected chi connectivity index (χ4v) is 6.85. The highest BCUT2D eigenvalue weighted by atomic mass is 32.2. The first-order valence-corrected chi connectivity index (χ1v) is 15.7. The van der Waals surface area contributed by atoms with Crippen LogP contribution < -0.4 is 15.4 Å². The van der Waals surface area contributed by atoms with Crippen LogP contribution in [0.4, 0.5) is 11.8 Å². The third kappa shape index (κ3) is 7.08. The maximum absolute atomic E-state index is 13.1. The molecule has 212 valence electrons. The summed E-state index contributed by atoms with van der Waals surface area (Å²) in [6.07, 6.45) is 5.15. The van der Waals surface area contributed by atoms with Crippen molar-refractivity contribution in [1.82, 2.24) is 19.6 Å². The Morgan fingerprint density at radius 2 is 1.48 bits per heavy atom.